The molecule has 1 aromatic rings. The molecule has 0 aliphatic heterocycles. The molecular formula is C10H13N5O4. The number of nitrogens with two attached hydrogens (primary N) is 3. The summed E-state index contributed by atoms with van der Waals surface area (Å²) in [5.74, 6) is -2.75. The smallest absolute Gasteiger partial charge is 0.337 e. The molecule has 0 spiro atoms. The molecule has 0 aromatic carbocycles. The molecule has 1 heterocycles. The van der Waals surface area contributed by atoms with Crippen molar-refractivity contribution in [2.24, 2.45) is 11.5 Å². The highest BCUT2D eigenvalue weighted by Gasteiger charge is 2.20. The number of primary amides is 2. The van der Waals surface area contributed by atoms with Crippen LogP contribution in [0, 0.1) is 0 Å². The molecule has 1 rings (SSSR count). The number of anilines is 2. The van der Waals surface area contributed by atoms with Crippen molar-refractivity contribution in [1.82, 2.24) is 4.98 Å². The Bertz CT molecular complexity index is 515. The number of aromatic carboxylic acids is 1. The van der Waals surface area contributed by atoms with Crippen LogP contribution in [-0.2, 0) is 9.59 Å². The molecule has 19 heavy (non-hydrogen) atoms. The Morgan fingerprint density at radius 3 is 2.16 bits per heavy atom. The van der Waals surface area contributed by atoms with Crippen molar-refractivity contribution in [3.63, 3.8) is 0 Å². The molecular weight excluding hydrogens is 254 g/mol. The van der Waals surface area contributed by atoms with Gasteiger partial charge >= 0.3 is 5.97 Å². The molecule has 0 radical (unpaired) electrons. The van der Waals surface area contributed by atoms with Crippen LogP contribution >= 0.6 is 0 Å². The molecule has 1 aromatic heterocycles. The summed E-state index contributed by atoms with van der Waals surface area (Å²) in [6.07, 6.45) is 1.20. The highest BCUT2D eigenvalue weighted by molar-refractivity contribution is 5.97. The van der Waals surface area contributed by atoms with E-state index in [9.17, 15) is 14.4 Å². The maximum absolute atomic E-state index is 10.9. The van der Waals surface area contributed by atoms with Crippen molar-refractivity contribution >= 4 is 29.3 Å². The molecule has 0 aliphatic rings. The molecule has 102 valence electrons. The quantitative estimate of drug-likeness (QED) is 0.468. The fraction of sp³-hybridized carbons (Fsp3) is 0.200. The lowest BCUT2D eigenvalue weighted by atomic mass is 10.2. The molecule has 0 atom stereocenters. The van der Waals surface area contributed by atoms with Crippen LogP contribution in [0.4, 0.5) is 11.5 Å². The number of pyridine rings is 1. The van der Waals surface area contributed by atoms with Crippen LogP contribution < -0.4 is 22.1 Å². The van der Waals surface area contributed by atoms with Gasteiger partial charge in [-0.3, -0.25) is 9.59 Å². The molecule has 0 saturated carbocycles. The van der Waals surface area contributed by atoms with Gasteiger partial charge in [0, 0.05) is 6.20 Å². The molecule has 0 fully saturated rings. The zero-order chi connectivity index (χ0) is 14.6. The van der Waals surface area contributed by atoms with E-state index in [1.165, 1.54) is 12.3 Å². The average Bonchev–Trinajstić information content (AvgIpc) is 2.26. The van der Waals surface area contributed by atoms with Crippen molar-refractivity contribution in [2.75, 3.05) is 23.7 Å². The molecule has 0 unspecified atom stereocenters. The molecule has 7 N–H and O–H groups in total. The fourth-order valence-corrected chi connectivity index (χ4v) is 1.48. The summed E-state index contributed by atoms with van der Waals surface area (Å²) in [6, 6.07) is 1.20. The third-order valence-corrected chi connectivity index (χ3v) is 2.19. The lowest BCUT2D eigenvalue weighted by Crippen LogP contribution is -2.40. The summed E-state index contributed by atoms with van der Waals surface area (Å²) >= 11 is 0. The summed E-state index contributed by atoms with van der Waals surface area (Å²) in [7, 11) is 0. The average molecular weight is 267 g/mol. The number of aromatic nitrogens is 1. The van der Waals surface area contributed by atoms with Crippen molar-refractivity contribution in [3.05, 3.63) is 17.8 Å². The van der Waals surface area contributed by atoms with E-state index >= 15 is 0 Å². The van der Waals surface area contributed by atoms with Gasteiger partial charge in [0.1, 0.15) is 0 Å². The summed E-state index contributed by atoms with van der Waals surface area (Å²) in [5, 5.41) is 8.93. The van der Waals surface area contributed by atoms with Crippen LogP contribution in [0.25, 0.3) is 0 Å². The zero-order valence-corrected chi connectivity index (χ0v) is 9.87. The third-order valence-electron chi connectivity index (χ3n) is 2.19. The Morgan fingerprint density at radius 1 is 1.21 bits per heavy atom. The van der Waals surface area contributed by atoms with Crippen LogP contribution in [0.3, 0.4) is 0 Å². The first-order chi connectivity index (χ1) is 8.82. The Kier molecular flexibility index (Phi) is 4.24. The molecule has 2 amide bonds. The second-order valence-corrected chi connectivity index (χ2v) is 3.69. The number of carbonyl (C=O) groups excluding carboxylic acids is 2. The van der Waals surface area contributed by atoms with Gasteiger partial charge in [-0.25, -0.2) is 9.78 Å². The van der Waals surface area contributed by atoms with Gasteiger partial charge < -0.3 is 27.2 Å². The normalized spacial score (nSPS) is 9.89. The number of hydrogen-bond donors (Lipinski definition) is 4. The van der Waals surface area contributed by atoms with Crippen molar-refractivity contribution in [2.45, 2.75) is 0 Å². The maximum Gasteiger partial charge on any atom is 0.337 e. The van der Waals surface area contributed by atoms with E-state index < -0.39 is 17.8 Å². The summed E-state index contributed by atoms with van der Waals surface area (Å²) < 4.78 is 0. The summed E-state index contributed by atoms with van der Waals surface area (Å²) in [4.78, 5) is 37.8. The van der Waals surface area contributed by atoms with E-state index in [4.69, 9.17) is 22.3 Å². The van der Waals surface area contributed by atoms with Crippen LogP contribution in [0.2, 0.25) is 0 Å². The predicted octanol–water partition coefficient (Wildman–Crippen LogP) is -1.86. The van der Waals surface area contributed by atoms with Gasteiger partial charge in [0.05, 0.1) is 24.3 Å². The highest BCUT2D eigenvalue weighted by Crippen LogP contribution is 2.23. The molecule has 9 nitrogen and oxygen atoms in total. The van der Waals surface area contributed by atoms with E-state index in [1.807, 2.05) is 0 Å². The van der Waals surface area contributed by atoms with Crippen molar-refractivity contribution in [3.8, 4) is 0 Å². The Morgan fingerprint density at radius 2 is 1.74 bits per heavy atom. The van der Waals surface area contributed by atoms with Crippen molar-refractivity contribution in [1.29, 1.82) is 0 Å². The first kappa shape index (κ1) is 14.2. The Hall–Kier alpha value is -2.84. The highest BCUT2D eigenvalue weighted by atomic mass is 16.4. The number of nitrogen functional groups attached to an aromatic ring is 1. The number of hydrogen-bond acceptors (Lipinski definition) is 6. The molecule has 0 bridgehead atoms. The number of rotatable bonds is 6. The molecule has 0 aliphatic carbocycles. The Labute approximate surface area is 108 Å². The first-order valence-electron chi connectivity index (χ1n) is 5.12. The van der Waals surface area contributed by atoms with E-state index in [2.05, 4.69) is 4.98 Å². The maximum atomic E-state index is 10.9. The standard InChI is InChI=1S/C10H13N5O4/c11-6(16)3-15(4-7(12)17)9-8(13)5(10(18)19)1-2-14-9/h1-2H,3-4,13H2,(H2,11,16)(H2,12,17)(H,18,19). The van der Waals surface area contributed by atoms with Gasteiger partial charge in [-0.2, -0.15) is 0 Å². The lowest BCUT2D eigenvalue weighted by Gasteiger charge is -2.22. The van der Waals surface area contributed by atoms with Crippen LogP contribution in [0.15, 0.2) is 12.3 Å². The number of carboxylic acids is 1. The lowest BCUT2D eigenvalue weighted by molar-refractivity contribution is -0.117. The van der Waals surface area contributed by atoms with E-state index in [1.54, 1.807) is 0 Å². The van der Waals surface area contributed by atoms with Gasteiger partial charge in [-0.1, -0.05) is 0 Å². The van der Waals surface area contributed by atoms with Gasteiger partial charge in [0.25, 0.3) is 0 Å². The summed E-state index contributed by atoms with van der Waals surface area (Å²) in [6.45, 7) is -0.716. The predicted molar refractivity (Wildman–Crippen MR) is 66.2 cm³/mol. The van der Waals surface area contributed by atoms with E-state index in [-0.39, 0.29) is 30.2 Å². The van der Waals surface area contributed by atoms with Gasteiger partial charge in [0.15, 0.2) is 5.82 Å². The topological polar surface area (TPSA) is 166 Å². The summed E-state index contributed by atoms with van der Waals surface area (Å²) in [5.41, 5.74) is 15.4. The second kappa shape index (κ2) is 5.67. The SMILES string of the molecule is NC(=O)CN(CC(N)=O)c1nccc(C(=O)O)c1N. The molecule has 9 heteroatoms. The second-order valence-electron chi connectivity index (χ2n) is 3.69. The van der Waals surface area contributed by atoms with Gasteiger partial charge in [-0.15, -0.1) is 0 Å². The van der Waals surface area contributed by atoms with E-state index in [0.717, 1.165) is 4.90 Å². The number of amides is 2. The number of nitrogens with zero attached hydrogens (tertiary/aromatic N) is 2. The fourth-order valence-electron chi connectivity index (χ4n) is 1.48. The minimum atomic E-state index is -1.25. The molecule has 0 saturated heterocycles. The van der Waals surface area contributed by atoms with Crippen LogP contribution in [-0.4, -0.2) is 41.0 Å². The van der Waals surface area contributed by atoms with Crippen LogP contribution in [0.5, 0.6) is 0 Å². The third kappa shape index (κ3) is 3.56. The first-order valence-corrected chi connectivity index (χ1v) is 5.12. The van der Waals surface area contributed by atoms with Crippen LogP contribution in [0.1, 0.15) is 10.4 Å². The van der Waals surface area contributed by atoms with Gasteiger partial charge in [0.2, 0.25) is 11.8 Å². The minimum Gasteiger partial charge on any atom is -0.478 e. The number of carboxylic acid groups (broad SMARTS) is 1. The largest absolute Gasteiger partial charge is 0.478 e. The zero-order valence-electron chi connectivity index (χ0n) is 9.87. The van der Waals surface area contributed by atoms with Gasteiger partial charge in [-0.05, 0) is 6.07 Å². The minimum absolute atomic E-state index is 0.0301. The monoisotopic (exact) mass is 267 g/mol. The van der Waals surface area contributed by atoms with Crippen molar-refractivity contribution < 1.29 is 19.5 Å². The Balaban J connectivity index is 3.21. The number of carbonyl (C=O) groups is 3. The van der Waals surface area contributed by atoms with E-state index in [0.29, 0.717) is 0 Å².